The average molecular weight is 258 g/mol. The van der Waals surface area contributed by atoms with Gasteiger partial charge < -0.3 is 10.6 Å². The van der Waals surface area contributed by atoms with Crippen LogP contribution in [0.2, 0.25) is 0 Å². The molecule has 1 saturated carbocycles. The van der Waals surface area contributed by atoms with Crippen LogP contribution in [0.3, 0.4) is 0 Å². The molecule has 4 heteroatoms. The maximum atomic E-state index is 11.4. The maximum absolute atomic E-state index is 11.4. The smallest absolute Gasteiger partial charge is 0.0360 e. The topological polar surface area (TPSA) is 41.1 Å². The van der Waals surface area contributed by atoms with E-state index in [-0.39, 0.29) is 0 Å². The lowest BCUT2D eigenvalue weighted by Gasteiger charge is -2.26. The van der Waals surface area contributed by atoms with Crippen LogP contribution in [-0.2, 0) is 10.8 Å². The average Bonchev–Trinajstić information content (AvgIpc) is 2.98. The first-order valence-electron chi connectivity index (χ1n) is 7.13. The largest absolute Gasteiger partial charge is 0.314 e. The lowest BCUT2D eigenvalue weighted by molar-refractivity contribution is 0.325. The molecule has 0 bridgehead atoms. The number of hydrogen-bond donors (Lipinski definition) is 2. The van der Waals surface area contributed by atoms with E-state index in [4.69, 9.17) is 0 Å². The zero-order valence-electron chi connectivity index (χ0n) is 10.9. The van der Waals surface area contributed by atoms with Gasteiger partial charge in [0.15, 0.2) is 0 Å². The van der Waals surface area contributed by atoms with Crippen LogP contribution in [0.1, 0.15) is 39.0 Å². The van der Waals surface area contributed by atoms with E-state index in [2.05, 4.69) is 10.6 Å². The molecule has 0 amide bonds. The molecule has 1 saturated heterocycles. The fourth-order valence-electron chi connectivity index (χ4n) is 3.30. The summed E-state index contributed by atoms with van der Waals surface area (Å²) < 4.78 is 11.4. The monoisotopic (exact) mass is 258 g/mol. The van der Waals surface area contributed by atoms with E-state index in [1.54, 1.807) is 0 Å². The van der Waals surface area contributed by atoms with Crippen molar-refractivity contribution >= 4 is 10.8 Å². The van der Waals surface area contributed by atoms with E-state index in [0.717, 1.165) is 30.0 Å². The summed E-state index contributed by atoms with van der Waals surface area (Å²) in [5.74, 6) is 2.42. The van der Waals surface area contributed by atoms with Gasteiger partial charge >= 0.3 is 0 Å². The van der Waals surface area contributed by atoms with E-state index in [1.165, 1.54) is 38.6 Å². The molecular weight excluding hydrogens is 232 g/mol. The molecule has 1 aliphatic heterocycles. The molecule has 2 N–H and O–H groups in total. The highest BCUT2D eigenvalue weighted by Crippen LogP contribution is 2.31. The number of hydrogen-bond acceptors (Lipinski definition) is 3. The molecule has 4 unspecified atom stereocenters. The summed E-state index contributed by atoms with van der Waals surface area (Å²) in [6.45, 7) is 4.12. The highest BCUT2D eigenvalue weighted by Gasteiger charge is 2.34. The van der Waals surface area contributed by atoms with Crippen LogP contribution in [0.5, 0.6) is 0 Å². The minimum Gasteiger partial charge on any atom is -0.314 e. The highest BCUT2D eigenvalue weighted by molar-refractivity contribution is 7.84. The van der Waals surface area contributed by atoms with Crippen molar-refractivity contribution in [2.45, 2.75) is 51.1 Å². The fraction of sp³-hybridized carbons (Fsp3) is 1.00. The van der Waals surface area contributed by atoms with Gasteiger partial charge in [-0.1, -0.05) is 13.3 Å². The van der Waals surface area contributed by atoms with Gasteiger partial charge in [0.05, 0.1) is 0 Å². The third-order valence-corrected chi connectivity index (χ3v) is 5.55. The molecule has 17 heavy (non-hydrogen) atoms. The van der Waals surface area contributed by atoms with E-state index < -0.39 is 10.8 Å². The van der Waals surface area contributed by atoms with Gasteiger partial charge in [0.25, 0.3) is 0 Å². The summed E-state index contributed by atoms with van der Waals surface area (Å²) in [4.78, 5) is 0. The van der Waals surface area contributed by atoms with Crippen LogP contribution in [0.15, 0.2) is 0 Å². The SMILES string of the molecule is CCS(=O)CCNC1CCCC1C1CCCN1. The highest BCUT2D eigenvalue weighted by atomic mass is 32.2. The third-order valence-electron chi connectivity index (χ3n) is 4.24. The molecule has 2 aliphatic rings. The summed E-state index contributed by atoms with van der Waals surface area (Å²) in [7, 11) is -0.618. The minimum absolute atomic E-state index is 0.618. The van der Waals surface area contributed by atoms with Crippen molar-refractivity contribution in [3.63, 3.8) is 0 Å². The molecule has 2 rings (SSSR count). The zero-order valence-corrected chi connectivity index (χ0v) is 11.7. The molecule has 0 spiro atoms. The second kappa shape index (κ2) is 6.86. The van der Waals surface area contributed by atoms with Crippen LogP contribution in [0.25, 0.3) is 0 Å². The molecule has 1 aliphatic carbocycles. The Bertz CT molecular complexity index is 254. The molecular formula is C13H26N2OS. The Kier molecular flexibility index (Phi) is 5.45. The fourth-order valence-corrected chi connectivity index (χ4v) is 3.94. The third kappa shape index (κ3) is 3.76. The van der Waals surface area contributed by atoms with Crippen LogP contribution >= 0.6 is 0 Å². The summed E-state index contributed by atoms with van der Waals surface area (Å²) in [5, 5.41) is 7.28. The molecule has 0 aromatic rings. The lowest BCUT2D eigenvalue weighted by Crippen LogP contribution is -2.43. The Labute approximate surface area is 108 Å². The van der Waals surface area contributed by atoms with Crippen molar-refractivity contribution in [2.24, 2.45) is 5.92 Å². The van der Waals surface area contributed by atoms with Crippen molar-refractivity contribution in [1.82, 2.24) is 10.6 Å². The normalized spacial score (nSPS) is 35.2. The zero-order chi connectivity index (χ0) is 12.1. The van der Waals surface area contributed by atoms with Gasteiger partial charge in [0.1, 0.15) is 0 Å². The molecule has 0 radical (unpaired) electrons. The van der Waals surface area contributed by atoms with Gasteiger partial charge in [-0.2, -0.15) is 0 Å². The van der Waals surface area contributed by atoms with Crippen molar-refractivity contribution in [3.05, 3.63) is 0 Å². The summed E-state index contributed by atoms with van der Waals surface area (Å²) in [5.41, 5.74) is 0. The Morgan fingerprint density at radius 2 is 2.18 bits per heavy atom. The van der Waals surface area contributed by atoms with Crippen molar-refractivity contribution < 1.29 is 4.21 Å². The Morgan fingerprint density at radius 3 is 2.88 bits per heavy atom. The Hall–Kier alpha value is 0.0700. The Balaban J connectivity index is 1.73. The molecule has 2 fully saturated rings. The van der Waals surface area contributed by atoms with Gasteiger partial charge in [-0.3, -0.25) is 4.21 Å². The molecule has 4 atom stereocenters. The first-order valence-corrected chi connectivity index (χ1v) is 8.62. The van der Waals surface area contributed by atoms with Crippen LogP contribution in [0, 0.1) is 5.92 Å². The second-order valence-electron chi connectivity index (χ2n) is 5.29. The number of nitrogens with one attached hydrogen (secondary N) is 2. The molecule has 0 aromatic heterocycles. The standard InChI is InChI=1S/C13H26N2OS/c1-2-17(16)10-9-15-12-6-3-5-11(12)13-7-4-8-14-13/h11-15H,2-10H2,1H3. The quantitative estimate of drug-likeness (QED) is 0.754. The van der Waals surface area contributed by atoms with E-state index in [9.17, 15) is 4.21 Å². The summed E-state index contributed by atoms with van der Waals surface area (Å²) >= 11 is 0. The van der Waals surface area contributed by atoms with Crippen LogP contribution in [-0.4, -0.2) is 40.9 Å². The van der Waals surface area contributed by atoms with Crippen molar-refractivity contribution in [3.8, 4) is 0 Å². The first-order chi connectivity index (χ1) is 8.31. The second-order valence-corrected chi connectivity index (χ2v) is 7.16. The predicted molar refractivity (Wildman–Crippen MR) is 73.7 cm³/mol. The van der Waals surface area contributed by atoms with Gasteiger partial charge in [-0.05, 0) is 38.1 Å². The summed E-state index contributed by atoms with van der Waals surface area (Å²) in [6.07, 6.45) is 6.72. The molecule has 1 heterocycles. The van der Waals surface area contributed by atoms with Gasteiger partial charge in [0, 0.05) is 40.9 Å². The maximum Gasteiger partial charge on any atom is 0.0360 e. The summed E-state index contributed by atoms with van der Waals surface area (Å²) in [6, 6.07) is 1.41. The van der Waals surface area contributed by atoms with E-state index in [1.807, 2.05) is 6.92 Å². The van der Waals surface area contributed by atoms with E-state index >= 15 is 0 Å². The molecule has 0 aromatic carbocycles. The van der Waals surface area contributed by atoms with Crippen molar-refractivity contribution in [1.29, 1.82) is 0 Å². The minimum atomic E-state index is -0.618. The van der Waals surface area contributed by atoms with Gasteiger partial charge in [-0.25, -0.2) is 0 Å². The van der Waals surface area contributed by atoms with E-state index in [0.29, 0.717) is 6.04 Å². The van der Waals surface area contributed by atoms with Crippen molar-refractivity contribution in [2.75, 3.05) is 24.6 Å². The number of rotatable bonds is 6. The molecule has 100 valence electrons. The first kappa shape index (κ1) is 13.5. The van der Waals surface area contributed by atoms with Gasteiger partial charge in [-0.15, -0.1) is 0 Å². The predicted octanol–water partition coefficient (Wildman–Crippen LogP) is 1.27. The van der Waals surface area contributed by atoms with Gasteiger partial charge in [0.2, 0.25) is 0 Å². The Morgan fingerprint density at radius 1 is 1.29 bits per heavy atom. The lowest BCUT2D eigenvalue weighted by atomic mass is 9.93. The van der Waals surface area contributed by atoms with Crippen LogP contribution in [0.4, 0.5) is 0 Å². The van der Waals surface area contributed by atoms with Crippen LogP contribution < -0.4 is 10.6 Å². The molecule has 3 nitrogen and oxygen atoms in total.